The molecule has 0 saturated heterocycles. The molecule has 0 aliphatic rings. The molecular weight excluding hydrogens is 247 g/mol. The van der Waals surface area contributed by atoms with Gasteiger partial charge in [-0.1, -0.05) is 0 Å². The van der Waals surface area contributed by atoms with Gasteiger partial charge in [-0.2, -0.15) is 6.42 Å². The van der Waals surface area contributed by atoms with Crippen LogP contribution in [0.2, 0.25) is 0 Å². The van der Waals surface area contributed by atoms with Crippen LogP contribution in [0.5, 0.6) is 0 Å². The first-order chi connectivity index (χ1) is 5.72. The summed E-state index contributed by atoms with van der Waals surface area (Å²) in [5.74, 6) is 0.424. The Hall–Kier alpha value is -0.416. The van der Waals surface area contributed by atoms with Gasteiger partial charge in [-0.3, -0.25) is 14.8 Å². The van der Waals surface area contributed by atoms with Crippen molar-refractivity contribution in [3.8, 4) is 0 Å². The molecule has 0 saturated carbocycles. The summed E-state index contributed by atoms with van der Waals surface area (Å²) in [4.78, 5) is 25.9. The Balaban J connectivity index is 0.00000144. The van der Waals surface area contributed by atoms with Crippen LogP contribution in [0.15, 0.2) is 15.7 Å². The molecule has 1 aromatic rings. The minimum Gasteiger partial charge on any atom is -0.374 e. The smallest absolute Gasteiger partial charge is 0.327 e. The van der Waals surface area contributed by atoms with E-state index in [1.165, 1.54) is 6.07 Å². The quantitative estimate of drug-likeness (QED) is 0.650. The van der Waals surface area contributed by atoms with Gasteiger partial charge in [0.2, 0.25) is 0 Å². The maximum absolute atomic E-state index is 10.7. The zero-order chi connectivity index (χ0) is 8.97. The van der Waals surface area contributed by atoms with Crippen LogP contribution in [-0.2, 0) is 32.7 Å². The third-order valence-electron chi connectivity index (χ3n) is 1.25. The summed E-state index contributed by atoms with van der Waals surface area (Å²) in [5.41, 5.74) is -0.917. The van der Waals surface area contributed by atoms with Gasteiger partial charge in [0.1, 0.15) is 5.82 Å². The van der Waals surface area contributed by atoms with Crippen molar-refractivity contribution in [3.63, 3.8) is 0 Å². The van der Waals surface area contributed by atoms with Gasteiger partial charge in [-0.25, -0.2) is 4.79 Å². The van der Waals surface area contributed by atoms with Crippen LogP contribution in [0, 0.1) is 6.92 Å². The fraction of sp³-hybridized carbons (Fsp3) is 0.286. The predicted molar refractivity (Wildman–Crippen MR) is 46.1 cm³/mol. The molecule has 1 heterocycles. The molecule has 1 aromatic heterocycles. The van der Waals surface area contributed by atoms with Crippen molar-refractivity contribution in [2.45, 2.75) is 6.42 Å². The van der Waals surface area contributed by atoms with Crippen molar-refractivity contribution in [2.24, 2.45) is 0 Å². The zero-order valence-corrected chi connectivity index (χ0v) is 9.93. The standard InChI is InChI=1S/C7H10N3O2.Y/c1-2-3-8-5-4-6(11)10-7(12)9-5;/h4H,1-3H2,(H3,8,9,10,11,12);/q-1;. The average Bonchev–Trinajstić information content (AvgIpc) is 1.99. The van der Waals surface area contributed by atoms with Crippen molar-refractivity contribution in [1.82, 2.24) is 9.97 Å². The molecular formula is C7H10N3O2Y-. The Morgan fingerprint density at radius 3 is 2.62 bits per heavy atom. The summed E-state index contributed by atoms with van der Waals surface area (Å²) in [6.07, 6.45) is 0.689. The van der Waals surface area contributed by atoms with Gasteiger partial charge < -0.3 is 12.2 Å². The van der Waals surface area contributed by atoms with E-state index in [0.29, 0.717) is 18.8 Å². The second-order valence-electron chi connectivity index (χ2n) is 2.28. The SMILES string of the molecule is [CH2-]CCNc1cc(=O)[nH]c(=O)[nH]1.[Y]. The van der Waals surface area contributed by atoms with Crippen LogP contribution in [0.3, 0.4) is 0 Å². The van der Waals surface area contributed by atoms with Gasteiger partial charge in [0, 0.05) is 38.8 Å². The van der Waals surface area contributed by atoms with Crippen LogP contribution >= 0.6 is 0 Å². The number of nitrogens with one attached hydrogen (secondary N) is 3. The van der Waals surface area contributed by atoms with E-state index in [4.69, 9.17) is 0 Å². The summed E-state index contributed by atoms with van der Waals surface area (Å²) in [7, 11) is 0. The monoisotopic (exact) mass is 257 g/mol. The minimum absolute atomic E-state index is 0. The molecule has 1 radical (unpaired) electrons. The Bertz CT molecular complexity index is 329. The molecule has 0 fully saturated rings. The summed E-state index contributed by atoms with van der Waals surface area (Å²) in [6.45, 7) is 4.23. The molecule has 5 nitrogen and oxygen atoms in total. The molecule has 3 N–H and O–H groups in total. The first-order valence-electron chi connectivity index (χ1n) is 3.59. The molecule has 0 amide bonds. The van der Waals surface area contributed by atoms with E-state index in [-0.39, 0.29) is 32.7 Å². The molecule has 0 spiro atoms. The maximum Gasteiger partial charge on any atom is 0.327 e. The number of anilines is 1. The molecule has 0 aliphatic heterocycles. The Morgan fingerprint density at radius 2 is 2.08 bits per heavy atom. The van der Waals surface area contributed by atoms with Gasteiger partial charge in [0.25, 0.3) is 5.56 Å². The van der Waals surface area contributed by atoms with E-state index < -0.39 is 11.2 Å². The number of hydrogen-bond donors (Lipinski definition) is 3. The van der Waals surface area contributed by atoms with Gasteiger partial charge in [-0.05, 0) is 6.54 Å². The average molecular weight is 257 g/mol. The molecule has 0 aromatic carbocycles. The van der Waals surface area contributed by atoms with Crippen molar-refractivity contribution in [2.75, 3.05) is 11.9 Å². The number of aromatic nitrogens is 2. The fourth-order valence-electron chi connectivity index (χ4n) is 0.787. The molecule has 1 rings (SSSR count). The van der Waals surface area contributed by atoms with Crippen molar-refractivity contribution in [1.29, 1.82) is 0 Å². The normalized spacial score (nSPS) is 9.00. The summed E-state index contributed by atoms with van der Waals surface area (Å²) < 4.78 is 0. The van der Waals surface area contributed by atoms with Crippen molar-refractivity contribution < 1.29 is 32.7 Å². The Kier molecular flexibility index (Phi) is 5.91. The number of H-pyrrole nitrogens is 2. The number of hydrogen-bond acceptors (Lipinski definition) is 3. The van der Waals surface area contributed by atoms with Crippen LogP contribution in [-0.4, -0.2) is 16.5 Å². The van der Waals surface area contributed by atoms with E-state index >= 15 is 0 Å². The maximum atomic E-state index is 10.7. The van der Waals surface area contributed by atoms with E-state index in [9.17, 15) is 9.59 Å². The molecule has 6 heteroatoms. The minimum atomic E-state index is -0.505. The van der Waals surface area contributed by atoms with Crippen LogP contribution in [0.25, 0.3) is 0 Å². The van der Waals surface area contributed by atoms with Crippen molar-refractivity contribution in [3.05, 3.63) is 33.8 Å². The zero-order valence-electron chi connectivity index (χ0n) is 7.09. The van der Waals surface area contributed by atoms with E-state index in [0.717, 1.165) is 0 Å². The Labute approximate surface area is 100 Å². The molecule has 69 valence electrons. The molecule has 0 aliphatic carbocycles. The van der Waals surface area contributed by atoms with E-state index in [1.807, 2.05) is 0 Å². The second-order valence-corrected chi connectivity index (χ2v) is 2.28. The van der Waals surface area contributed by atoms with Crippen LogP contribution in [0.1, 0.15) is 6.42 Å². The van der Waals surface area contributed by atoms with Crippen LogP contribution < -0.4 is 16.6 Å². The molecule has 0 bridgehead atoms. The first-order valence-corrected chi connectivity index (χ1v) is 3.59. The summed E-state index contributed by atoms with van der Waals surface area (Å²) in [5, 5.41) is 2.84. The summed E-state index contributed by atoms with van der Waals surface area (Å²) >= 11 is 0. The Morgan fingerprint density at radius 1 is 1.38 bits per heavy atom. The molecule has 0 unspecified atom stereocenters. The molecule has 0 atom stereocenters. The van der Waals surface area contributed by atoms with Gasteiger partial charge in [0.05, 0.1) is 0 Å². The van der Waals surface area contributed by atoms with Crippen LogP contribution in [0.4, 0.5) is 5.82 Å². The van der Waals surface area contributed by atoms with E-state index in [1.54, 1.807) is 0 Å². The first kappa shape index (κ1) is 12.6. The third kappa shape index (κ3) is 4.38. The largest absolute Gasteiger partial charge is 0.374 e. The molecule has 13 heavy (non-hydrogen) atoms. The fourth-order valence-corrected chi connectivity index (χ4v) is 0.787. The number of aromatic amines is 2. The topological polar surface area (TPSA) is 77.8 Å². The van der Waals surface area contributed by atoms with Gasteiger partial charge >= 0.3 is 5.69 Å². The summed E-state index contributed by atoms with van der Waals surface area (Å²) in [6, 6.07) is 1.29. The van der Waals surface area contributed by atoms with Crippen molar-refractivity contribution >= 4 is 5.82 Å². The predicted octanol–water partition coefficient (Wildman–Crippen LogP) is -0.303. The van der Waals surface area contributed by atoms with Gasteiger partial charge in [0.15, 0.2) is 0 Å². The second kappa shape index (κ2) is 6.10. The number of rotatable bonds is 3. The van der Waals surface area contributed by atoms with E-state index in [2.05, 4.69) is 22.2 Å². The van der Waals surface area contributed by atoms with Gasteiger partial charge in [-0.15, -0.1) is 0 Å². The third-order valence-corrected chi connectivity index (χ3v) is 1.25.